The van der Waals surface area contributed by atoms with Crippen LogP contribution in [0, 0.1) is 6.92 Å². The lowest BCUT2D eigenvalue weighted by molar-refractivity contribution is -0.140. The maximum absolute atomic E-state index is 12.2. The highest BCUT2D eigenvalue weighted by Gasteiger charge is 2.25. The first kappa shape index (κ1) is 15.4. The lowest BCUT2D eigenvalue weighted by Gasteiger charge is -2.28. The largest absolute Gasteiger partial charge is 0.449 e. The van der Waals surface area contributed by atoms with Gasteiger partial charge < -0.3 is 15.4 Å². The third kappa shape index (κ3) is 3.74. The SMILES string of the molecule is Cc1ccc(C(=O)OC(C)C(=O)N2CCCCC2)cc1N. The molecular formula is C16H22N2O3. The second-order valence-electron chi connectivity index (χ2n) is 5.50. The van der Waals surface area contributed by atoms with Crippen LogP contribution in [0.3, 0.4) is 0 Å². The number of carbonyl (C=O) groups excluding carboxylic acids is 2. The summed E-state index contributed by atoms with van der Waals surface area (Å²) in [5.41, 5.74) is 7.60. The fraction of sp³-hybridized carbons (Fsp3) is 0.500. The van der Waals surface area contributed by atoms with Crippen LogP contribution < -0.4 is 5.73 Å². The Morgan fingerprint density at radius 3 is 2.52 bits per heavy atom. The highest BCUT2D eigenvalue weighted by Crippen LogP contribution is 2.16. The molecule has 1 heterocycles. The zero-order valence-corrected chi connectivity index (χ0v) is 12.6. The Balaban J connectivity index is 1.97. The number of ether oxygens (including phenoxy) is 1. The van der Waals surface area contributed by atoms with Crippen molar-refractivity contribution in [2.75, 3.05) is 18.8 Å². The number of amides is 1. The molecule has 2 N–H and O–H groups in total. The number of hydrogen-bond acceptors (Lipinski definition) is 4. The summed E-state index contributed by atoms with van der Waals surface area (Å²) in [6.07, 6.45) is 2.42. The van der Waals surface area contributed by atoms with Gasteiger partial charge in [0, 0.05) is 18.8 Å². The van der Waals surface area contributed by atoms with E-state index in [2.05, 4.69) is 0 Å². The highest BCUT2D eigenvalue weighted by molar-refractivity contribution is 5.93. The Morgan fingerprint density at radius 2 is 1.90 bits per heavy atom. The minimum atomic E-state index is -0.766. The molecule has 1 aliphatic rings. The van der Waals surface area contributed by atoms with Gasteiger partial charge >= 0.3 is 5.97 Å². The molecule has 21 heavy (non-hydrogen) atoms. The quantitative estimate of drug-likeness (QED) is 0.683. The number of nitrogen functional groups attached to an aromatic ring is 1. The fourth-order valence-electron chi connectivity index (χ4n) is 2.42. The number of esters is 1. The first-order valence-electron chi connectivity index (χ1n) is 7.35. The Morgan fingerprint density at radius 1 is 1.24 bits per heavy atom. The smallest absolute Gasteiger partial charge is 0.338 e. The summed E-state index contributed by atoms with van der Waals surface area (Å²) in [6, 6.07) is 5.00. The van der Waals surface area contributed by atoms with Gasteiger partial charge in [-0.1, -0.05) is 6.07 Å². The van der Waals surface area contributed by atoms with E-state index < -0.39 is 12.1 Å². The minimum Gasteiger partial charge on any atom is -0.449 e. The molecule has 1 amide bonds. The molecule has 1 fully saturated rings. The van der Waals surface area contributed by atoms with Crippen molar-refractivity contribution in [3.8, 4) is 0 Å². The van der Waals surface area contributed by atoms with Crippen molar-refractivity contribution in [2.45, 2.75) is 39.2 Å². The molecule has 2 rings (SSSR count). The third-order valence-electron chi connectivity index (χ3n) is 3.81. The Hall–Kier alpha value is -2.04. The summed E-state index contributed by atoms with van der Waals surface area (Å²) in [4.78, 5) is 26.0. The van der Waals surface area contributed by atoms with Gasteiger partial charge in [-0.2, -0.15) is 0 Å². The van der Waals surface area contributed by atoms with Crippen LogP contribution in [-0.2, 0) is 9.53 Å². The van der Waals surface area contributed by atoms with Gasteiger partial charge in [-0.3, -0.25) is 4.79 Å². The molecule has 5 nitrogen and oxygen atoms in total. The normalized spacial score (nSPS) is 16.4. The van der Waals surface area contributed by atoms with Gasteiger partial charge in [0.15, 0.2) is 6.10 Å². The molecule has 1 saturated heterocycles. The van der Waals surface area contributed by atoms with Gasteiger partial charge in [-0.15, -0.1) is 0 Å². The monoisotopic (exact) mass is 290 g/mol. The summed E-state index contributed by atoms with van der Waals surface area (Å²) < 4.78 is 5.26. The van der Waals surface area contributed by atoms with Crippen molar-refractivity contribution in [1.82, 2.24) is 4.90 Å². The number of carbonyl (C=O) groups is 2. The van der Waals surface area contributed by atoms with E-state index in [1.54, 1.807) is 30.0 Å². The molecule has 0 bridgehead atoms. The minimum absolute atomic E-state index is 0.122. The molecule has 0 aromatic heterocycles. The van der Waals surface area contributed by atoms with Gasteiger partial charge in [0.2, 0.25) is 0 Å². The van der Waals surface area contributed by atoms with Crippen LogP contribution in [0.15, 0.2) is 18.2 Å². The van der Waals surface area contributed by atoms with Crippen LogP contribution in [0.25, 0.3) is 0 Å². The predicted octanol–water partition coefficient (Wildman–Crippen LogP) is 2.14. The van der Waals surface area contributed by atoms with Crippen molar-refractivity contribution < 1.29 is 14.3 Å². The molecular weight excluding hydrogens is 268 g/mol. The van der Waals surface area contributed by atoms with E-state index in [0.717, 1.165) is 37.9 Å². The molecule has 0 radical (unpaired) electrons. The summed E-state index contributed by atoms with van der Waals surface area (Å²) in [5, 5.41) is 0. The molecule has 1 atom stereocenters. The number of anilines is 1. The van der Waals surface area contributed by atoms with Crippen molar-refractivity contribution in [3.05, 3.63) is 29.3 Å². The van der Waals surface area contributed by atoms with Crippen LogP contribution in [0.1, 0.15) is 42.1 Å². The number of nitrogens with two attached hydrogens (primary N) is 1. The molecule has 0 saturated carbocycles. The van der Waals surface area contributed by atoms with Crippen LogP contribution >= 0.6 is 0 Å². The number of aryl methyl sites for hydroxylation is 1. The first-order chi connectivity index (χ1) is 9.99. The van der Waals surface area contributed by atoms with E-state index >= 15 is 0 Å². The second-order valence-corrected chi connectivity index (χ2v) is 5.50. The molecule has 0 aliphatic carbocycles. The summed E-state index contributed by atoms with van der Waals surface area (Å²) in [6.45, 7) is 4.98. The Labute approximate surface area is 125 Å². The van der Waals surface area contributed by atoms with Gasteiger partial charge in [0.25, 0.3) is 5.91 Å². The van der Waals surface area contributed by atoms with E-state index in [1.807, 2.05) is 6.92 Å². The zero-order chi connectivity index (χ0) is 15.4. The zero-order valence-electron chi connectivity index (χ0n) is 12.6. The number of nitrogens with zero attached hydrogens (tertiary/aromatic N) is 1. The number of likely N-dealkylation sites (tertiary alicyclic amines) is 1. The lowest BCUT2D eigenvalue weighted by Crippen LogP contribution is -2.42. The second kappa shape index (κ2) is 6.61. The van der Waals surface area contributed by atoms with Crippen molar-refractivity contribution in [1.29, 1.82) is 0 Å². The summed E-state index contributed by atoms with van der Waals surface area (Å²) in [5.74, 6) is -0.636. The van der Waals surface area contributed by atoms with E-state index in [1.165, 1.54) is 0 Å². The van der Waals surface area contributed by atoms with Gasteiger partial charge in [-0.25, -0.2) is 4.79 Å². The maximum atomic E-state index is 12.2. The number of piperidine rings is 1. The lowest BCUT2D eigenvalue weighted by atomic mass is 10.1. The van der Waals surface area contributed by atoms with E-state index in [0.29, 0.717) is 11.3 Å². The van der Waals surface area contributed by atoms with Crippen molar-refractivity contribution in [3.63, 3.8) is 0 Å². The molecule has 1 aliphatic heterocycles. The van der Waals surface area contributed by atoms with Crippen LogP contribution in [-0.4, -0.2) is 36.0 Å². The average molecular weight is 290 g/mol. The van der Waals surface area contributed by atoms with Gasteiger partial charge in [-0.05, 0) is 50.8 Å². The molecule has 1 unspecified atom stereocenters. The Kier molecular flexibility index (Phi) is 4.83. The topological polar surface area (TPSA) is 72.6 Å². The predicted molar refractivity (Wildman–Crippen MR) is 80.9 cm³/mol. The molecule has 1 aromatic carbocycles. The van der Waals surface area contributed by atoms with Crippen LogP contribution in [0.5, 0.6) is 0 Å². The summed E-state index contributed by atoms with van der Waals surface area (Å²) in [7, 11) is 0. The molecule has 1 aromatic rings. The standard InChI is InChI=1S/C16H22N2O3/c1-11-6-7-13(10-14(11)17)16(20)21-12(2)15(19)18-8-4-3-5-9-18/h6-7,10,12H,3-5,8-9,17H2,1-2H3. The first-order valence-corrected chi connectivity index (χ1v) is 7.35. The molecule has 114 valence electrons. The van der Waals surface area contributed by atoms with Crippen LogP contribution in [0.4, 0.5) is 5.69 Å². The number of rotatable bonds is 3. The number of benzene rings is 1. The highest BCUT2D eigenvalue weighted by atomic mass is 16.5. The number of hydrogen-bond donors (Lipinski definition) is 1. The molecule has 5 heteroatoms. The van der Waals surface area contributed by atoms with Gasteiger partial charge in [0.05, 0.1) is 5.56 Å². The van der Waals surface area contributed by atoms with Crippen molar-refractivity contribution in [2.24, 2.45) is 0 Å². The average Bonchev–Trinajstić information content (AvgIpc) is 2.50. The van der Waals surface area contributed by atoms with E-state index in [9.17, 15) is 9.59 Å². The van der Waals surface area contributed by atoms with Crippen molar-refractivity contribution >= 4 is 17.6 Å². The van der Waals surface area contributed by atoms with E-state index in [-0.39, 0.29) is 5.91 Å². The Bertz CT molecular complexity index is 536. The van der Waals surface area contributed by atoms with Gasteiger partial charge in [0.1, 0.15) is 0 Å². The van der Waals surface area contributed by atoms with E-state index in [4.69, 9.17) is 10.5 Å². The summed E-state index contributed by atoms with van der Waals surface area (Å²) >= 11 is 0. The van der Waals surface area contributed by atoms with Crippen LogP contribution in [0.2, 0.25) is 0 Å². The maximum Gasteiger partial charge on any atom is 0.338 e. The fourth-order valence-corrected chi connectivity index (χ4v) is 2.42. The molecule has 0 spiro atoms. The third-order valence-corrected chi connectivity index (χ3v) is 3.81.